The number of aromatic amines is 2. The summed E-state index contributed by atoms with van der Waals surface area (Å²) in [7, 11) is 0. The van der Waals surface area contributed by atoms with E-state index in [2.05, 4.69) is 79.9 Å². The fourth-order valence-corrected chi connectivity index (χ4v) is 5.75. The quantitative estimate of drug-likeness (QED) is 0.321. The molecule has 6 nitrogen and oxygen atoms in total. The number of nitrogens with zero attached hydrogens (tertiary/aromatic N) is 2. The average Bonchev–Trinajstić information content (AvgIpc) is 3.73. The van der Waals surface area contributed by atoms with Crippen molar-refractivity contribution in [2.45, 2.75) is 50.6 Å². The van der Waals surface area contributed by atoms with Crippen LogP contribution < -0.4 is 10.6 Å². The standard InChI is InChI=1S/C30H30N6/c1-3-25(31-15-1)29-33-18-27(35-29)21-10-7-19(8-11-21)5-6-20-9-13-23-22(17-20)12-14-24-28(23)36-30(34-24)26-4-2-16-32-26/h7-11,13,17-18,25-26,31-32H,1-4,12,14-16H2,(H,33,35)(H,34,36)/t25-,26-/m0/s1. The molecule has 0 saturated carbocycles. The summed E-state index contributed by atoms with van der Waals surface area (Å²) in [6, 6.07) is 15.7. The van der Waals surface area contributed by atoms with Gasteiger partial charge in [0.2, 0.25) is 0 Å². The summed E-state index contributed by atoms with van der Waals surface area (Å²) in [5.74, 6) is 8.84. The number of rotatable bonds is 3. The number of fused-ring (bicyclic) bond motifs is 3. The Kier molecular flexibility index (Phi) is 5.46. The van der Waals surface area contributed by atoms with Gasteiger partial charge in [0, 0.05) is 16.7 Å². The van der Waals surface area contributed by atoms with Crippen LogP contribution in [0.15, 0.2) is 48.7 Å². The predicted molar refractivity (Wildman–Crippen MR) is 141 cm³/mol. The lowest BCUT2D eigenvalue weighted by atomic mass is 9.91. The Morgan fingerprint density at radius 2 is 1.53 bits per heavy atom. The number of imidazole rings is 2. The monoisotopic (exact) mass is 474 g/mol. The molecule has 2 aromatic carbocycles. The lowest BCUT2D eigenvalue weighted by Gasteiger charge is -2.15. The summed E-state index contributed by atoms with van der Waals surface area (Å²) in [4.78, 5) is 16.6. The molecule has 2 aliphatic heterocycles. The Morgan fingerprint density at radius 1 is 0.778 bits per heavy atom. The molecule has 0 radical (unpaired) electrons. The number of hydrogen-bond acceptors (Lipinski definition) is 4. The van der Waals surface area contributed by atoms with E-state index in [-0.39, 0.29) is 0 Å². The van der Waals surface area contributed by atoms with Gasteiger partial charge in [-0.1, -0.05) is 30.0 Å². The van der Waals surface area contributed by atoms with E-state index in [1.54, 1.807) is 0 Å². The molecular weight excluding hydrogens is 444 g/mol. The molecule has 0 amide bonds. The molecule has 7 rings (SSSR count). The Labute approximate surface area is 211 Å². The lowest BCUT2D eigenvalue weighted by Crippen LogP contribution is -2.14. The number of nitrogens with one attached hydrogen (secondary N) is 4. The van der Waals surface area contributed by atoms with Crippen LogP contribution in [0.5, 0.6) is 0 Å². The van der Waals surface area contributed by atoms with Crippen molar-refractivity contribution in [2.24, 2.45) is 0 Å². The normalized spacial score (nSPS) is 20.6. The van der Waals surface area contributed by atoms with Gasteiger partial charge in [0.15, 0.2) is 0 Å². The maximum absolute atomic E-state index is 4.92. The number of aromatic nitrogens is 4. The maximum atomic E-state index is 4.92. The van der Waals surface area contributed by atoms with E-state index >= 15 is 0 Å². The first kappa shape index (κ1) is 21.6. The van der Waals surface area contributed by atoms with Crippen LogP contribution >= 0.6 is 0 Å². The third-order valence-electron chi connectivity index (χ3n) is 7.73. The fraction of sp³-hybridized carbons (Fsp3) is 0.333. The zero-order valence-corrected chi connectivity index (χ0v) is 20.3. The zero-order valence-electron chi connectivity index (χ0n) is 20.3. The highest BCUT2D eigenvalue weighted by Gasteiger charge is 2.25. The number of aryl methyl sites for hydroxylation is 2. The number of hydrogen-bond donors (Lipinski definition) is 4. The minimum atomic E-state index is 0.353. The second kappa shape index (κ2) is 9.09. The molecule has 0 unspecified atom stereocenters. The summed E-state index contributed by atoms with van der Waals surface area (Å²) in [6.07, 6.45) is 8.66. The molecule has 1 aliphatic carbocycles. The van der Waals surface area contributed by atoms with E-state index in [1.807, 2.05) is 6.20 Å². The number of benzene rings is 2. The first-order valence-electron chi connectivity index (χ1n) is 13.2. The highest BCUT2D eigenvalue weighted by molar-refractivity contribution is 5.70. The van der Waals surface area contributed by atoms with Gasteiger partial charge in [-0.25, -0.2) is 9.97 Å². The highest BCUT2D eigenvalue weighted by Crippen LogP contribution is 2.34. The van der Waals surface area contributed by atoms with Crippen molar-refractivity contribution in [3.63, 3.8) is 0 Å². The molecule has 2 aromatic heterocycles. The van der Waals surface area contributed by atoms with Crippen molar-refractivity contribution in [1.29, 1.82) is 0 Å². The largest absolute Gasteiger partial charge is 0.341 e. The molecule has 36 heavy (non-hydrogen) atoms. The lowest BCUT2D eigenvalue weighted by molar-refractivity contribution is 0.611. The first-order chi connectivity index (χ1) is 17.8. The van der Waals surface area contributed by atoms with Crippen molar-refractivity contribution in [1.82, 2.24) is 30.6 Å². The van der Waals surface area contributed by atoms with Gasteiger partial charge in [-0.15, -0.1) is 0 Å². The van der Waals surface area contributed by atoms with Gasteiger partial charge in [0.05, 0.1) is 35.4 Å². The van der Waals surface area contributed by atoms with Gasteiger partial charge in [-0.3, -0.25) is 0 Å². The molecule has 4 N–H and O–H groups in total. The van der Waals surface area contributed by atoms with Gasteiger partial charge in [-0.05, 0) is 87.0 Å². The molecule has 6 heteroatoms. The van der Waals surface area contributed by atoms with Gasteiger partial charge in [0.1, 0.15) is 11.6 Å². The average molecular weight is 475 g/mol. The maximum Gasteiger partial charge on any atom is 0.124 e. The Hall–Kier alpha value is -3.66. The van der Waals surface area contributed by atoms with Crippen molar-refractivity contribution in [3.05, 3.63) is 82.7 Å². The summed E-state index contributed by atoms with van der Waals surface area (Å²) in [5.41, 5.74) is 9.28. The fourth-order valence-electron chi connectivity index (χ4n) is 5.75. The smallest absolute Gasteiger partial charge is 0.124 e. The minimum absolute atomic E-state index is 0.353. The molecule has 0 spiro atoms. The topological polar surface area (TPSA) is 81.4 Å². The van der Waals surface area contributed by atoms with Crippen LogP contribution in [0, 0.1) is 11.8 Å². The van der Waals surface area contributed by atoms with E-state index in [1.165, 1.54) is 35.4 Å². The third kappa shape index (κ3) is 4.05. The van der Waals surface area contributed by atoms with E-state index in [0.717, 1.165) is 72.8 Å². The van der Waals surface area contributed by atoms with Crippen molar-refractivity contribution < 1.29 is 0 Å². The van der Waals surface area contributed by atoms with E-state index in [4.69, 9.17) is 4.98 Å². The van der Waals surface area contributed by atoms with Gasteiger partial charge in [-0.2, -0.15) is 0 Å². The summed E-state index contributed by atoms with van der Waals surface area (Å²) < 4.78 is 0. The molecular formula is C30H30N6. The van der Waals surface area contributed by atoms with Crippen LogP contribution in [0.25, 0.3) is 22.5 Å². The van der Waals surface area contributed by atoms with Crippen LogP contribution in [0.3, 0.4) is 0 Å². The number of H-pyrrole nitrogens is 2. The van der Waals surface area contributed by atoms with Crippen LogP contribution in [-0.4, -0.2) is 33.0 Å². The van der Waals surface area contributed by atoms with Gasteiger partial charge < -0.3 is 20.6 Å². The van der Waals surface area contributed by atoms with Gasteiger partial charge in [0.25, 0.3) is 0 Å². The third-order valence-corrected chi connectivity index (χ3v) is 7.73. The SMILES string of the molecule is C(#Cc1ccc2c(c1)CCc1nc([C@@H]3CCCN3)[nH]c1-2)c1ccc(-c2cnc([C@@H]3CCCN3)[nH]2)cc1. The highest BCUT2D eigenvalue weighted by atomic mass is 15.1. The second-order valence-corrected chi connectivity index (χ2v) is 10.1. The Balaban J connectivity index is 1.08. The molecule has 2 fully saturated rings. The van der Waals surface area contributed by atoms with Crippen molar-refractivity contribution in [3.8, 4) is 34.4 Å². The Morgan fingerprint density at radius 3 is 2.31 bits per heavy atom. The first-order valence-corrected chi connectivity index (χ1v) is 13.2. The van der Waals surface area contributed by atoms with Crippen LogP contribution in [0.4, 0.5) is 0 Å². The molecule has 2 atom stereocenters. The van der Waals surface area contributed by atoms with Crippen LogP contribution in [-0.2, 0) is 12.8 Å². The van der Waals surface area contributed by atoms with E-state index in [9.17, 15) is 0 Å². The van der Waals surface area contributed by atoms with E-state index in [0.29, 0.717) is 12.1 Å². The molecule has 3 aliphatic rings. The minimum Gasteiger partial charge on any atom is -0.341 e. The zero-order chi connectivity index (χ0) is 23.9. The van der Waals surface area contributed by atoms with Crippen molar-refractivity contribution >= 4 is 0 Å². The Bertz CT molecular complexity index is 1450. The van der Waals surface area contributed by atoms with E-state index < -0.39 is 0 Å². The molecule has 4 aromatic rings. The summed E-state index contributed by atoms with van der Waals surface area (Å²) >= 11 is 0. The summed E-state index contributed by atoms with van der Waals surface area (Å²) in [5, 5.41) is 7.05. The summed E-state index contributed by atoms with van der Waals surface area (Å²) in [6.45, 7) is 2.15. The predicted octanol–water partition coefficient (Wildman–Crippen LogP) is 4.81. The second-order valence-electron chi connectivity index (χ2n) is 10.1. The molecule has 180 valence electrons. The molecule has 0 bridgehead atoms. The van der Waals surface area contributed by atoms with Crippen molar-refractivity contribution in [2.75, 3.05) is 13.1 Å². The molecule has 4 heterocycles. The molecule has 2 saturated heterocycles. The van der Waals surface area contributed by atoms with Gasteiger partial charge >= 0.3 is 0 Å². The van der Waals surface area contributed by atoms with Crippen LogP contribution in [0.2, 0.25) is 0 Å². The van der Waals surface area contributed by atoms with Crippen LogP contribution in [0.1, 0.15) is 71.8 Å².